The monoisotopic (exact) mass is 392 g/mol. The lowest BCUT2D eigenvalue weighted by Crippen LogP contribution is -2.48. The summed E-state index contributed by atoms with van der Waals surface area (Å²) in [4.78, 5) is 29.4. The van der Waals surface area contributed by atoms with Gasteiger partial charge in [-0.2, -0.15) is 0 Å². The standard InChI is InChI=1S/C23H24N2O4/c1-15-4-9-19-20(26)14-21(29-22(19)16(15)2)23(27)25-12-10-24(11-13-25)17-5-7-18(28-3)8-6-17/h4-9,14H,10-13H2,1-3H3. The number of amides is 1. The van der Waals surface area contributed by atoms with Gasteiger partial charge < -0.3 is 19.0 Å². The van der Waals surface area contributed by atoms with E-state index in [1.54, 1.807) is 18.1 Å². The summed E-state index contributed by atoms with van der Waals surface area (Å²) in [6.07, 6.45) is 0. The normalized spacial score (nSPS) is 14.3. The number of methoxy groups -OCH3 is 1. The van der Waals surface area contributed by atoms with Gasteiger partial charge in [0.1, 0.15) is 11.3 Å². The number of carbonyl (C=O) groups excluding carboxylic acids is 1. The molecule has 150 valence electrons. The molecule has 0 bridgehead atoms. The SMILES string of the molecule is COc1ccc(N2CCN(C(=O)c3cc(=O)c4ccc(C)c(C)c4o3)CC2)cc1. The Bertz CT molecular complexity index is 1110. The molecule has 0 atom stereocenters. The smallest absolute Gasteiger partial charge is 0.289 e. The zero-order valence-electron chi connectivity index (χ0n) is 16.9. The molecule has 1 amide bonds. The van der Waals surface area contributed by atoms with E-state index < -0.39 is 0 Å². The maximum Gasteiger partial charge on any atom is 0.289 e. The van der Waals surface area contributed by atoms with Crippen molar-refractivity contribution >= 4 is 22.6 Å². The Morgan fingerprint density at radius 3 is 2.34 bits per heavy atom. The lowest BCUT2D eigenvalue weighted by Gasteiger charge is -2.35. The maximum absolute atomic E-state index is 13.0. The Balaban J connectivity index is 1.52. The molecule has 1 aliphatic heterocycles. The zero-order valence-corrected chi connectivity index (χ0v) is 16.9. The van der Waals surface area contributed by atoms with Crippen molar-refractivity contribution in [3.8, 4) is 5.75 Å². The van der Waals surface area contributed by atoms with Crippen LogP contribution in [0.1, 0.15) is 21.7 Å². The second-order valence-corrected chi connectivity index (χ2v) is 7.34. The van der Waals surface area contributed by atoms with Crippen LogP contribution in [0.3, 0.4) is 0 Å². The van der Waals surface area contributed by atoms with E-state index in [0.29, 0.717) is 37.1 Å². The van der Waals surface area contributed by atoms with Crippen molar-refractivity contribution < 1.29 is 13.9 Å². The fourth-order valence-electron chi connectivity index (χ4n) is 3.67. The third kappa shape index (κ3) is 3.58. The topological polar surface area (TPSA) is 63.0 Å². The molecule has 3 aromatic rings. The number of nitrogens with zero attached hydrogens (tertiary/aromatic N) is 2. The number of fused-ring (bicyclic) bond motifs is 1. The van der Waals surface area contributed by atoms with E-state index in [9.17, 15) is 9.59 Å². The van der Waals surface area contributed by atoms with Gasteiger partial charge in [0.2, 0.25) is 0 Å². The van der Waals surface area contributed by atoms with Crippen LogP contribution in [0.15, 0.2) is 51.7 Å². The van der Waals surface area contributed by atoms with E-state index in [-0.39, 0.29) is 17.1 Å². The number of anilines is 1. The van der Waals surface area contributed by atoms with Crippen molar-refractivity contribution in [1.29, 1.82) is 0 Å². The Hall–Kier alpha value is -3.28. The molecule has 0 radical (unpaired) electrons. The molecule has 2 aromatic carbocycles. The van der Waals surface area contributed by atoms with Crippen LogP contribution in [0.2, 0.25) is 0 Å². The first-order valence-corrected chi connectivity index (χ1v) is 9.70. The molecular weight excluding hydrogens is 368 g/mol. The molecule has 6 nitrogen and oxygen atoms in total. The zero-order chi connectivity index (χ0) is 20.5. The summed E-state index contributed by atoms with van der Waals surface area (Å²) >= 11 is 0. The average Bonchev–Trinajstić information content (AvgIpc) is 2.76. The van der Waals surface area contributed by atoms with Gasteiger partial charge >= 0.3 is 0 Å². The summed E-state index contributed by atoms with van der Waals surface area (Å²) in [5.41, 5.74) is 3.32. The van der Waals surface area contributed by atoms with Crippen molar-refractivity contribution in [2.24, 2.45) is 0 Å². The highest BCUT2D eigenvalue weighted by Crippen LogP contribution is 2.23. The summed E-state index contributed by atoms with van der Waals surface area (Å²) in [7, 11) is 1.65. The van der Waals surface area contributed by atoms with Crippen LogP contribution >= 0.6 is 0 Å². The van der Waals surface area contributed by atoms with Crippen molar-refractivity contribution in [2.45, 2.75) is 13.8 Å². The van der Waals surface area contributed by atoms with Gasteiger partial charge in [-0.15, -0.1) is 0 Å². The van der Waals surface area contributed by atoms with Gasteiger partial charge in [0, 0.05) is 37.9 Å². The molecule has 0 aliphatic carbocycles. The maximum atomic E-state index is 13.0. The molecule has 0 N–H and O–H groups in total. The second-order valence-electron chi connectivity index (χ2n) is 7.34. The number of hydrogen-bond donors (Lipinski definition) is 0. The van der Waals surface area contributed by atoms with Crippen LogP contribution in [0.4, 0.5) is 5.69 Å². The molecule has 0 saturated carbocycles. The first kappa shape index (κ1) is 19.1. The van der Waals surface area contributed by atoms with E-state index in [1.807, 2.05) is 44.2 Å². The van der Waals surface area contributed by atoms with E-state index in [4.69, 9.17) is 9.15 Å². The van der Waals surface area contributed by atoms with Crippen molar-refractivity contribution in [3.63, 3.8) is 0 Å². The third-order valence-electron chi connectivity index (χ3n) is 5.63. The van der Waals surface area contributed by atoms with Gasteiger partial charge in [0.15, 0.2) is 11.2 Å². The number of ether oxygens (including phenoxy) is 1. The van der Waals surface area contributed by atoms with Crippen molar-refractivity contribution in [3.05, 3.63) is 69.6 Å². The number of rotatable bonds is 3. The largest absolute Gasteiger partial charge is 0.497 e. The minimum Gasteiger partial charge on any atom is -0.497 e. The average molecular weight is 392 g/mol. The van der Waals surface area contributed by atoms with Crippen LogP contribution < -0.4 is 15.1 Å². The van der Waals surface area contributed by atoms with Gasteiger partial charge in [-0.25, -0.2) is 0 Å². The fourth-order valence-corrected chi connectivity index (χ4v) is 3.67. The number of hydrogen-bond acceptors (Lipinski definition) is 5. The molecule has 1 aliphatic rings. The number of carbonyl (C=O) groups is 1. The lowest BCUT2D eigenvalue weighted by molar-refractivity contribution is 0.0715. The van der Waals surface area contributed by atoms with Gasteiger partial charge in [-0.1, -0.05) is 6.07 Å². The Labute approximate surface area is 169 Å². The molecule has 4 rings (SSSR count). The van der Waals surface area contributed by atoms with Crippen LogP contribution in [-0.2, 0) is 0 Å². The second kappa shape index (κ2) is 7.62. The molecule has 1 saturated heterocycles. The van der Waals surface area contributed by atoms with Crippen LogP contribution in [0, 0.1) is 13.8 Å². The molecule has 29 heavy (non-hydrogen) atoms. The minimum atomic E-state index is -0.237. The van der Waals surface area contributed by atoms with E-state index in [1.165, 1.54) is 6.07 Å². The number of piperazine rings is 1. The fraction of sp³-hybridized carbons (Fsp3) is 0.304. The van der Waals surface area contributed by atoms with Crippen LogP contribution in [0.25, 0.3) is 11.0 Å². The highest BCUT2D eigenvalue weighted by molar-refractivity contribution is 5.93. The van der Waals surface area contributed by atoms with Crippen molar-refractivity contribution in [2.75, 3.05) is 38.2 Å². The molecule has 2 heterocycles. The molecule has 0 spiro atoms. The lowest BCUT2D eigenvalue weighted by atomic mass is 10.1. The summed E-state index contributed by atoms with van der Waals surface area (Å²) in [5.74, 6) is 0.688. The molecule has 1 fully saturated rings. The summed E-state index contributed by atoms with van der Waals surface area (Å²) in [6, 6.07) is 12.9. The molecule has 0 unspecified atom stereocenters. The predicted octanol–water partition coefficient (Wildman–Crippen LogP) is 3.38. The molecular formula is C23H24N2O4. The first-order valence-electron chi connectivity index (χ1n) is 9.70. The number of benzene rings is 2. The molecule has 1 aromatic heterocycles. The van der Waals surface area contributed by atoms with E-state index in [0.717, 1.165) is 22.6 Å². The van der Waals surface area contributed by atoms with Crippen LogP contribution in [0.5, 0.6) is 5.75 Å². The first-order chi connectivity index (χ1) is 14.0. The summed E-state index contributed by atoms with van der Waals surface area (Å²) in [6.45, 7) is 6.44. The minimum absolute atomic E-state index is 0.106. The Morgan fingerprint density at radius 2 is 1.69 bits per heavy atom. The van der Waals surface area contributed by atoms with Gasteiger partial charge in [-0.3, -0.25) is 9.59 Å². The summed E-state index contributed by atoms with van der Waals surface area (Å²) < 4.78 is 11.1. The Kier molecular flexibility index (Phi) is 5.01. The Morgan fingerprint density at radius 1 is 1.00 bits per heavy atom. The predicted molar refractivity (Wildman–Crippen MR) is 113 cm³/mol. The van der Waals surface area contributed by atoms with Gasteiger partial charge in [0.05, 0.1) is 12.5 Å². The van der Waals surface area contributed by atoms with E-state index in [2.05, 4.69) is 4.90 Å². The molecule has 6 heteroatoms. The van der Waals surface area contributed by atoms with Gasteiger partial charge in [0.25, 0.3) is 5.91 Å². The number of aryl methyl sites for hydroxylation is 2. The van der Waals surface area contributed by atoms with Crippen LogP contribution in [-0.4, -0.2) is 44.1 Å². The van der Waals surface area contributed by atoms with Crippen molar-refractivity contribution in [1.82, 2.24) is 4.90 Å². The highest BCUT2D eigenvalue weighted by atomic mass is 16.5. The third-order valence-corrected chi connectivity index (χ3v) is 5.63. The van der Waals surface area contributed by atoms with Gasteiger partial charge in [-0.05, 0) is 55.3 Å². The van der Waals surface area contributed by atoms with E-state index >= 15 is 0 Å². The highest BCUT2D eigenvalue weighted by Gasteiger charge is 2.25. The summed E-state index contributed by atoms with van der Waals surface area (Å²) in [5, 5.41) is 0.508. The quantitative estimate of drug-likeness (QED) is 0.684.